The summed E-state index contributed by atoms with van der Waals surface area (Å²) in [6, 6.07) is 12.5. The van der Waals surface area contributed by atoms with Gasteiger partial charge in [-0.15, -0.1) is 0 Å². The van der Waals surface area contributed by atoms with E-state index in [9.17, 15) is 14.9 Å². The number of amides is 1. The molecule has 2 aromatic carbocycles. The molecule has 0 radical (unpaired) electrons. The predicted octanol–water partition coefficient (Wildman–Crippen LogP) is 5.47. The summed E-state index contributed by atoms with van der Waals surface area (Å²) >= 11 is 3.43. The Morgan fingerprint density at radius 1 is 1.33 bits per heavy atom. The van der Waals surface area contributed by atoms with Crippen LogP contribution in [0.15, 0.2) is 46.9 Å². The zero-order valence-electron chi connectivity index (χ0n) is 15.2. The van der Waals surface area contributed by atoms with E-state index in [-0.39, 0.29) is 24.3 Å². The van der Waals surface area contributed by atoms with E-state index in [4.69, 9.17) is 4.74 Å². The van der Waals surface area contributed by atoms with Crippen LogP contribution in [0.5, 0.6) is 0 Å². The second kappa shape index (κ2) is 8.08. The minimum Gasteiger partial charge on any atom is -0.444 e. The fourth-order valence-corrected chi connectivity index (χ4v) is 4.13. The average Bonchev–Trinajstić information content (AvgIpc) is 2.65. The number of nitro groups is 1. The van der Waals surface area contributed by atoms with Crippen LogP contribution in [0, 0.1) is 16.0 Å². The number of hydrogen-bond acceptors (Lipinski definition) is 4. The highest BCUT2D eigenvalue weighted by atomic mass is 79.9. The summed E-state index contributed by atoms with van der Waals surface area (Å²) in [5, 5.41) is 11.2. The third-order valence-corrected chi connectivity index (χ3v) is 5.40. The molecular formula is C20H21BrN2O4. The number of carbonyl (C=O) groups excluding carboxylic acids is 1. The Morgan fingerprint density at radius 3 is 2.67 bits per heavy atom. The number of ether oxygens (including phenoxy) is 1. The van der Waals surface area contributed by atoms with E-state index in [1.54, 1.807) is 11.0 Å². The molecule has 1 aliphatic heterocycles. The number of nitrogens with zero attached hydrogens (tertiary/aromatic N) is 2. The quantitative estimate of drug-likeness (QED) is 0.474. The van der Waals surface area contributed by atoms with Gasteiger partial charge in [0, 0.05) is 22.6 Å². The van der Waals surface area contributed by atoms with Crippen molar-refractivity contribution in [2.45, 2.75) is 39.3 Å². The van der Waals surface area contributed by atoms with Gasteiger partial charge in [-0.3, -0.25) is 15.0 Å². The van der Waals surface area contributed by atoms with Gasteiger partial charge in [-0.25, -0.2) is 4.79 Å². The van der Waals surface area contributed by atoms with Gasteiger partial charge in [-0.1, -0.05) is 44.2 Å². The number of anilines is 1. The van der Waals surface area contributed by atoms with Gasteiger partial charge < -0.3 is 4.74 Å². The molecule has 1 atom stereocenters. The fourth-order valence-electron chi connectivity index (χ4n) is 3.45. The molecule has 0 aliphatic carbocycles. The molecular weight excluding hydrogens is 412 g/mol. The summed E-state index contributed by atoms with van der Waals surface area (Å²) in [6.07, 6.45) is 0.979. The normalized spacial score (nSPS) is 16.1. The van der Waals surface area contributed by atoms with Crippen molar-refractivity contribution < 1.29 is 14.5 Å². The lowest BCUT2D eigenvalue weighted by atomic mass is 9.89. The van der Waals surface area contributed by atoms with E-state index in [2.05, 4.69) is 29.8 Å². The van der Waals surface area contributed by atoms with Crippen LogP contribution < -0.4 is 4.90 Å². The molecule has 0 N–H and O–H groups in total. The van der Waals surface area contributed by atoms with E-state index in [0.717, 1.165) is 17.5 Å². The number of fused-ring (bicyclic) bond motifs is 1. The highest BCUT2D eigenvalue weighted by Gasteiger charge is 2.36. The summed E-state index contributed by atoms with van der Waals surface area (Å²) in [4.78, 5) is 25.4. The number of halogens is 1. The minimum absolute atomic E-state index is 0.0150. The van der Waals surface area contributed by atoms with E-state index in [0.29, 0.717) is 16.6 Å². The third kappa shape index (κ3) is 4.13. The summed E-state index contributed by atoms with van der Waals surface area (Å²) < 4.78 is 6.11. The molecule has 0 saturated heterocycles. The Balaban J connectivity index is 1.93. The molecule has 27 heavy (non-hydrogen) atoms. The van der Waals surface area contributed by atoms with Crippen LogP contribution >= 0.6 is 15.9 Å². The third-order valence-electron chi connectivity index (χ3n) is 4.79. The molecule has 142 valence electrons. The smallest absolute Gasteiger partial charge is 0.414 e. The van der Waals surface area contributed by atoms with Gasteiger partial charge in [0.05, 0.1) is 10.6 Å². The minimum atomic E-state index is -0.437. The maximum atomic E-state index is 13.0. The van der Waals surface area contributed by atoms with Crippen LogP contribution in [0.25, 0.3) is 0 Å². The second-order valence-electron chi connectivity index (χ2n) is 6.95. The first-order chi connectivity index (χ1) is 12.9. The van der Waals surface area contributed by atoms with E-state index in [1.165, 1.54) is 6.07 Å². The Bertz CT molecular complexity index is 855. The maximum Gasteiger partial charge on any atom is 0.414 e. The van der Waals surface area contributed by atoms with Crippen molar-refractivity contribution in [1.82, 2.24) is 0 Å². The van der Waals surface area contributed by atoms with Crippen molar-refractivity contribution in [1.29, 1.82) is 0 Å². The van der Waals surface area contributed by atoms with Gasteiger partial charge >= 0.3 is 6.09 Å². The Kier molecular flexibility index (Phi) is 5.79. The number of aryl methyl sites for hydroxylation is 1. The summed E-state index contributed by atoms with van der Waals surface area (Å²) in [5.74, 6) is 0.226. The molecule has 0 fully saturated rings. The second-order valence-corrected chi connectivity index (χ2v) is 7.81. The molecule has 1 amide bonds. The van der Waals surface area contributed by atoms with Crippen molar-refractivity contribution in [3.8, 4) is 0 Å². The van der Waals surface area contributed by atoms with Crippen molar-refractivity contribution >= 4 is 33.4 Å². The van der Waals surface area contributed by atoms with Gasteiger partial charge in [0.15, 0.2) is 0 Å². The first kappa shape index (κ1) is 19.4. The topological polar surface area (TPSA) is 72.7 Å². The van der Waals surface area contributed by atoms with Crippen LogP contribution in [0.2, 0.25) is 0 Å². The number of rotatable bonds is 4. The summed E-state index contributed by atoms with van der Waals surface area (Å²) in [5.41, 5.74) is 2.38. The molecule has 3 rings (SSSR count). The van der Waals surface area contributed by atoms with E-state index in [1.807, 2.05) is 30.3 Å². The molecule has 7 heteroatoms. The van der Waals surface area contributed by atoms with E-state index >= 15 is 0 Å². The van der Waals surface area contributed by atoms with Gasteiger partial charge in [0.1, 0.15) is 6.61 Å². The number of non-ortho nitro benzene ring substituents is 1. The van der Waals surface area contributed by atoms with Gasteiger partial charge in [0.25, 0.3) is 5.69 Å². The van der Waals surface area contributed by atoms with Crippen molar-refractivity contribution in [3.63, 3.8) is 0 Å². The van der Waals surface area contributed by atoms with Crippen LogP contribution in [-0.4, -0.2) is 17.1 Å². The highest BCUT2D eigenvalue weighted by Crippen LogP contribution is 2.41. The number of nitro benzene ring substituents is 1. The van der Waals surface area contributed by atoms with E-state index < -0.39 is 11.0 Å². The SMILES string of the molecule is CC(C)C1CCc2cc([N+](=O)[O-])cc(Br)c2N1C(=O)OCc1ccccc1. The van der Waals surface area contributed by atoms with Gasteiger partial charge in [-0.05, 0) is 45.8 Å². The molecule has 0 aromatic heterocycles. The molecule has 2 aromatic rings. The number of hydrogen-bond donors (Lipinski definition) is 0. The molecule has 0 saturated carbocycles. The van der Waals surface area contributed by atoms with Crippen molar-refractivity contribution in [2.24, 2.45) is 5.92 Å². The van der Waals surface area contributed by atoms with Crippen molar-refractivity contribution in [2.75, 3.05) is 4.90 Å². The standard InChI is InChI=1S/C20H21BrN2O4/c1-13(2)18-9-8-15-10-16(23(25)26)11-17(21)19(15)22(18)20(24)27-12-14-6-4-3-5-7-14/h3-7,10-11,13,18H,8-9,12H2,1-2H3. The van der Waals surface area contributed by atoms with Gasteiger partial charge in [-0.2, -0.15) is 0 Å². The van der Waals surface area contributed by atoms with Crippen LogP contribution in [0.3, 0.4) is 0 Å². The zero-order valence-corrected chi connectivity index (χ0v) is 16.8. The van der Waals surface area contributed by atoms with Crippen molar-refractivity contribution in [3.05, 3.63) is 68.2 Å². The highest BCUT2D eigenvalue weighted by molar-refractivity contribution is 9.10. The predicted molar refractivity (Wildman–Crippen MR) is 107 cm³/mol. The Labute approximate surface area is 166 Å². The first-order valence-corrected chi connectivity index (χ1v) is 9.64. The maximum absolute atomic E-state index is 13.0. The summed E-state index contributed by atoms with van der Waals surface area (Å²) in [7, 11) is 0. The van der Waals surface area contributed by atoms with Crippen LogP contribution in [0.1, 0.15) is 31.4 Å². The fraction of sp³-hybridized carbons (Fsp3) is 0.350. The first-order valence-electron chi connectivity index (χ1n) is 8.85. The number of carbonyl (C=O) groups is 1. The molecule has 6 nitrogen and oxygen atoms in total. The molecule has 1 heterocycles. The Hall–Kier alpha value is -2.41. The van der Waals surface area contributed by atoms with Crippen LogP contribution in [0.4, 0.5) is 16.2 Å². The monoisotopic (exact) mass is 432 g/mol. The molecule has 1 aliphatic rings. The number of benzene rings is 2. The van der Waals surface area contributed by atoms with Gasteiger partial charge in [0.2, 0.25) is 0 Å². The zero-order chi connectivity index (χ0) is 19.6. The Morgan fingerprint density at radius 2 is 2.04 bits per heavy atom. The lowest BCUT2D eigenvalue weighted by Crippen LogP contribution is -2.47. The molecule has 0 bridgehead atoms. The lowest BCUT2D eigenvalue weighted by molar-refractivity contribution is -0.385. The average molecular weight is 433 g/mol. The molecule has 0 spiro atoms. The lowest BCUT2D eigenvalue weighted by Gasteiger charge is -2.39. The van der Waals surface area contributed by atoms with Crippen LogP contribution in [-0.2, 0) is 17.8 Å². The summed E-state index contributed by atoms with van der Waals surface area (Å²) in [6.45, 7) is 4.31. The largest absolute Gasteiger partial charge is 0.444 e. The molecule has 1 unspecified atom stereocenters.